The van der Waals surface area contributed by atoms with E-state index in [1.807, 2.05) is 36.4 Å². The van der Waals surface area contributed by atoms with Crippen LogP contribution in [0.3, 0.4) is 0 Å². The molecule has 0 fully saturated rings. The number of ketones is 1. The Morgan fingerprint density at radius 3 is 2.38 bits per heavy atom. The summed E-state index contributed by atoms with van der Waals surface area (Å²) in [6.45, 7) is 6.85. The first kappa shape index (κ1) is 17.2. The fraction of sp³-hybridized carbons (Fsp3) is 0.318. The summed E-state index contributed by atoms with van der Waals surface area (Å²) in [4.78, 5) is 12.8. The molecule has 2 aliphatic rings. The zero-order chi connectivity index (χ0) is 17.2. The van der Waals surface area contributed by atoms with Gasteiger partial charge in [-0.05, 0) is 0 Å². The molecule has 1 aromatic rings. The molecule has 2 aliphatic carbocycles. The zero-order valence-corrected chi connectivity index (χ0v) is 15.7. The predicted octanol–water partition coefficient (Wildman–Crippen LogP) is 5.82. The molecule has 3 rings (SSSR count). The van der Waals surface area contributed by atoms with Crippen molar-refractivity contribution in [2.45, 2.75) is 40.0 Å². The number of hydrogen-bond acceptors (Lipinski definition) is 1. The van der Waals surface area contributed by atoms with Crippen molar-refractivity contribution in [2.75, 3.05) is 0 Å². The second-order valence-corrected chi connectivity index (χ2v) is 9.06. The van der Waals surface area contributed by atoms with E-state index < -0.39 is 0 Å². The van der Waals surface area contributed by atoms with E-state index in [0.717, 1.165) is 45.4 Å². The summed E-state index contributed by atoms with van der Waals surface area (Å²) in [6.07, 6.45) is 11.7. The van der Waals surface area contributed by atoms with Crippen LogP contribution < -0.4 is 0 Å². The van der Waals surface area contributed by atoms with E-state index in [1.165, 1.54) is 14.5 Å². The second-order valence-electron chi connectivity index (χ2n) is 7.45. The van der Waals surface area contributed by atoms with Gasteiger partial charge < -0.3 is 0 Å². The first-order valence-electron chi connectivity index (χ1n) is 8.44. The molecule has 0 N–H and O–H groups in total. The Morgan fingerprint density at radius 1 is 1.00 bits per heavy atom. The molecule has 0 saturated carbocycles. The molecule has 0 spiro atoms. The van der Waals surface area contributed by atoms with Crippen molar-refractivity contribution in [1.29, 1.82) is 0 Å². The quantitative estimate of drug-likeness (QED) is 0.478. The molecular formula is C22H24FeO. The van der Waals surface area contributed by atoms with Gasteiger partial charge in [-0.1, -0.05) is 0 Å². The standard InChI is InChI=1S/C12H9O.C10H15.Fe/c13-12(11-8-4-5-9-11)10-6-2-1-3-7-10;1-10(2,3)8-9-6-4-5-7-9;/h1-4,6-8H,5H2;4,6H,5,8H2,1-3H3;. The predicted molar refractivity (Wildman–Crippen MR) is 96.4 cm³/mol. The van der Waals surface area contributed by atoms with Crippen LogP contribution in [-0.2, 0) is 15.0 Å². The van der Waals surface area contributed by atoms with Crippen LogP contribution in [0.4, 0.5) is 0 Å². The molecule has 1 aromatic carbocycles. The normalized spacial score (nSPS) is 17.5. The van der Waals surface area contributed by atoms with Gasteiger partial charge in [-0.2, -0.15) is 0 Å². The average Bonchev–Trinajstić information content (AvgIpc) is 3.16. The molecule has 0 saturated heterocycles. The van der Waals surface area contributed by atoms with Gasteiger partial charge in [-0.3, -0.25) is 0 Å². The molecule has 0 atom stereocenters. The van der Waals surface area contributed by atoms with Crippen molar-refractivity contribution in [3.05, 3.63) is 80.3 Å². The Bertz CT molecular complexity index is 755. The van der Waals surface area contributed by atoms with E-state index in [2.05, 4.69) is 39.0 Å². The summed E-state index contributed by atoms with van der Waals surface area (Å²) >= 11 is 0.930. The minimum absolute atomic E-state index is 0.156. The number of hydrogen-bond donors (Lipinski definition) is 0. The number of rotatable bonds is 5. The monoisotopic (exact) mass is 360 g/mol. The fourth-order valence-corrected chi connectivity index (χ4v) is 4.59. The minimum atomic E-state index is 0.156. The number of carbonyl (C=O) groups is 1. The topological polar surface area (TPSA) is 17.1 Å². The summed E-state index contributed by atoms with van der Waals surface area (Å²) in [5.74, 6) is 0.156. The molecule has 0 bridgehead atoms. The molecule has 126 valence electrons. The van der Waals surface area contributed by atoms with Gasteiger partial charge in [0.05, 0.1) is 0 Å². The number of Topliss-reactive ketones (excluding diaryl/α,β-unsaturated/α-hetero) is 1. The van der Waals surface area contributed by atoms with Crippen LogP contribution in [0.15, 0.2) is 74.7 Å². The van der Waals surface area contributed by atoms with Crippen molar-refractivity contribution in [3.8, 4) is 0 Å². The average molecular weight is 360 g/mol. The van der Waals surface area contributed by atoms with Crippen molar-refractivity contribution >= 4 is 5.78 Å². The number of carbonyl (C=O) groups excluding carboxylic acids is 1. The van der Waals surface area contributed by atoms with Crippen LogP contribution in [0.2, 0.25) is 0 Å². The van der Waals surface area contributed by atoms with Gasteiger partial charge in [0.1, 0.15) is 0 Å². The molecule has 0 unspecified atom stereocenters. The first-order valence-corrected chi connectivity index (χ1v) is 9.55. The summed E-state index contributed by atoms with van der Waals surface area (Å²) in [5, 5.41) is 0. The van der Waals surface area contributed by atoms with Crippen LogP contribution in [0.25, 0.3) is 0 Å². The Kier molecular flexibility index (Phi) is 5.08. The Labute approximate surface area is 151 Å². The van der Waals surface area contributed by atoms with Gasteiger partial charge in [-0.15, -0.1) is 0 Å². The maximum atomic E-state index is 12.8. The fourth-order valence-electron chi connectivity index (χ4n) is 2.97. The molecule has 0 radical (unpaired) electrons. The van der Waals surface area contributed by atoms with Crippen LogP contribution in [0.5, 0.6) is 0 Å². The van der Waals surface area contributed by atoms with Gasteiger partial charge >= 0.3 is 151 Å². The summed E-state index contributed by atoms with van der Waals surface area (Å²) in [7, 11) is 0. The molecular weight excluding hydrogens is 336 g/mol. The van der Waals surface area contributed by atoms with Crippen LogP contribution >= 0.6 is 0 Å². The molecule has 0 aromatic heterocycles. The van der Waals surface area contributed by atoms with E-state index in [9.17, 15) is 4.79 Å². The van der Waals surface area contributed by atoms with E-state index in [1.54, 1.807) is 0 Å². The molecule has 0 aliphatic heterocycles. The van der Waals surface area contributed by atoms with E-state index in [0.29, 0.717) is 5.41 Å². The van der Waals surface area contributed by atoms with E-state index in [-0.39, 0.29) is 5.78 Å². The molecule has 2 heteroatoms. The van der Waals surface area contributed by atoms with Crippen LogP contribution in [0.1, 0.15) is 50.4 Å². The number of benzene rings is 1. The van der Waals surface area contributed by atoms with Crippen molar-refractivity contribution < 1.29 is 19.8 Å². The molecule has 0 heterocycles. The number of allylic oxidation sites excluding steroid dienone is 8. The molecule has 0 amide bonds. The third-order valence-corrected chi connectivity index (χ3v) is 5.80. The zero-order valence-electron chi connectivity index (χ0n) is 14.6. The van der Waals surface area contributed by atoms with Crippen molar-refractivity contribution in [1.82, 2.24) is 0 Å². The third-order valence-electron chi connectivity index (χ3n) is 4.03. The maximum absolute atomic E-state index is 12.8. The Morgan fingerprint density at radius 2 is 1.67 bits per heavy atom. The Balaban J connectivity index is 1.83. The van der Waals surface area contributed by atoms with Crippen molar-refractivity contribution in [2.24, 2.45) is 5.41 Å². The Hall–Kier alpha value is -1.63. The van der Waals surface area contributed by atoms with Gasteiger partial charge in [0.15, 0.2) is 0 Å². The first-order chi connectivity index (χ1) is 11.4. The SMILES string of the molecule is CC(C)(C)CC1=[C]([Fe][C]2=C(C(=O)c3ccccc3)C=CC2)CC=C1. The molecule has 1 nitrogen and oxygen atoms in total. The third kappa shape index (κ3) is 4.06. The second kappa shape index (κ2) is 7.09. The summed E-state index contributed by atoms with van der Waals surface area (Å²) < 4.78 is 2.76. The van der Waals surface area contributed by atoms with Crippen molar-refractivity contribution in [3.63, 3.8) is 0 Å². The van der Waals surface area contributed by atoms with Gasteiger partial charge in [0, 0.05) is 0 Å². The van der Waals surface area contributed by atoms with Gasteiger partial charge in [0.2, 0.25) is 0 Å². The van der Waals surface area contributed by atoms with Crippen LogP contribution in [-0.4, -0.2) is 5.78 Å². The van der Waals surface area contributed by atoms with E-state index >= 15 is 0 Å². The van der Waals surface area contributed by atoms with E-state index in [4.69, 9.17) is 0 Å². The van der Waals surface area contributed by atoms with Gasteiger partial charge in [-0.25, -0.2) is 0 Å². The van der Waals surface area contributed by atoms with Gasteiger partial charge in [0.25, 0.3) is 0 Å². The molecule has 24 heavy (non-hydrogen) atoms. The summed E-state index contributed by atoms with van der Waals surface area (Å²) in [5.41, 5.74) is 3.44. The van der Waals surface area contributed by atoms with Crippen LogP contribution in [0, 0.1) is 5.41 Å². The summed E-state index contributed by atoms with van der Waals surface area (Å²) in [6, 6.07) is 9.61.